The number of rotatable bonds is 4. The third-order valence-corrected chi connectivity index (χ3v) is 3.91. The van der Waals surface area contributed by atoms with Gasteiger partial charge in [-0.15, -0.1) is 0 Å². The molecular weight excluding hydrogens is 292 g/mol. The summed E-state index contributed by atoms with van der Waals surface area (Å²) in [4.78, 5) is 25.5. The van der Waals surface area contributed by atoms with E-state index in [4.69, 9.17) is 5.73 Å². The van der Waals surface area contributed by atoms with Crippen molar-refractivity contribution in [3.8, 4) is 0 Å². The van der Waals surface area contributed by atoms with Gasteiger partial charge in [0, 0.05) is 11.8 Å². The lowest BCUT2D eigenvalue weighted by molar-refractivity contribution is -0.383. The zero-order valence-corrected chi connectivity index (χ0v) is 11.5. The summed E-state index contributed by atoms with van der Waals surface area (Å²) < 4.78 is 0. The van der Waals surface area contributed by atoms with Gasteiger partial charge < -0.3 is 10.7 Å². The maximum atomic E-state index is 10.7. The van der Waals surface area contributed by atoms with E-state index < -0.39 is 4.92 Å². The Hall–Kier alpha value is -2.68. The molecule has 0 radical (unpaired) electrons. The summed E-state index contributed by atoms with van der Waals surface area (Å²) in [5.74, 6) is 0.591. The van der Waals surface area contributed by atoms with Crippen LogP contribution in [0.15, 0.2) is 35.9 Å². The van der Waals surface area contributed by atoms with Gasteiger partial charge in [0.1, 0.15) is 22.6 Å². The molecule has 2 aromatic heterocycles. The van der Waals surface area contributed by atoms with Gasteiger partial charge in [0.05, 0.1) is 11.3 Å². The van der Waals surface area contributed by atoms with E-state index in [-0.39, 0.29) is 11.4 Å². The second kappa shape index (κ2) is 5.37. The summed E-state index contributed by atoms with van der Waals surface area (Å²) in [5, 5.41) is 11.5. The van der Waals surface area contributed by atoms with Crippen LogP contribution in [0.4, 0.5) is 11.4 Å². The number of nitrogens with one attached hydrogen (secondary N) is 1. The first-order valence-electron chi connectivity index (χ1n) is 5.95. The molecule has 0 unspecified atom stereocenters. The summed E-state index contributed by atoms with van der Waals surface area (Å²) in [6.45, 7) is 0. The van der Waals surface area contributed by atoms with Crippen molar-refractivity contribution < 1.29 is 4.92 Å². The number of nitrogen functional groups attached to an aromatic ring is 1. The predicted octanol–water partition coefficient (Wildman–Crippen LogP) is 2.14. The third kappa shape index (κ3) is 2.63. The number of nitrogens with zero attached hydrogens (tertiary/aromatic N) is 4. The molecule has 0 aliphatic heterocycles. The molecular formula is C12H10N6O2S. The number of imidazole rings is 1. The highest BCUT2D eigenvalue weighted by molar-refractivity contribution is 7.98. The number of H-pyrrole nitrogens is 1. The van der Waals surface area contributed by atoms with Crippen LogP contribution in [0.25, 0.3) is 11.2 Å². The van der Waals surface area contributed by atoms with E-state index in [1.165, 1.54) is 24.2 Å². The number of nitro groups is 1. The molecule has 0 aliphatic rings. The van der Waals surface area contributed by atoms with Gasteiger partial charge in [-0.05, 0) is 11.6 Å². The zero-order valence-electron chi connectivity index (χ0n) is 10.7. The monoisotopic (exact) mass is 302 g/mol. The average molecular weight is 302 g/mol. The number of benzene rings is 1. The van der Waals surface area contributed by atoms with E-state index in [0.29, 0.717) is 11.4 Å². The van der Waals surface area contributed by atoms with Crippen molar-refractivity contribution in [2.45, 2.75) is 10.8 Å². The molecule has 0 atom stereocenters. The first-order valence-corrected chi connectivity index (χ1v) is 6.93. The summed E-state index contributed by atoms with van der Waals surface area (Å²) in [7, 11) is 0. The Bertz CT molecular complexity index is 818. The van der Waals surface area contributed by atoms with Crippen LogP contribution in [0.1, 0.15) is 5.56 Å². The summed E-state index contributed by atoms with van der Waals surface area (Å²) in [5.41, 5.74) is 8.02. The fourth-order valence-electron chi connectivity index (χ4n) is 1.86. The second-order valence-electron chi connectivity index (χ2n) is 4.22. The predicted molar refractivity (Wildman–Crippen MR) is 78.8 cm³/mol. The highest BCUT2D eigenvalue weighted by Gasteiger charge is 2.12. The molecule has 21 heavy (non-hydrogen) atoms. The minimum absolute atomic E-state index is 0.0817. The quantitative estimate of drug-likeness (QED) is 0.249. The molecule has 1 aromatic carbocycles. The van der Waals surface area contributed by atoms with Crippen LogP contribution in [0, 0.1) is 10.1 Å². The van der Waals surface area contributed by atoms with Crippen molar-refractivity contribution in [3.63, 3.8) is 0 Å². The van der Waals surface area contributed by atoms with Gasteiger partial charge in [0.25, 0.3) is 5.69 Å². The fourth-order valence-corrected chi connectivity index (χ4v) is 2.76. The highest BCUT2D eigenvalue weighted by atomic mass is 32.2. The summed E-state index contributed by atoms with van der Waals surface area (Å²) in [6, 6.07) is 4.71. The number of nitrogens with two attached hydrogens (primary N) is 1. The Kier molecular flexibility index (Phi) is 3.40. The molecule has 0 aliphatic carbocycles. The van der Waals surface area contributed by atoms with Gasteiger partial charge in [-0.25, -0.2) is 15.0 Å². The molecule has 0 amide bonds. The number of fused-ring (bicyclic) bond motifs is 1. The Morgan fingerprint density at radius 1 is 1.33 bits per heavy atom. The first-order chi connectivity index (χ1) is 10.1. The number of aromatic nitrogens is 4. The van der Waals surface area contributed by atoms with Crippen LogP contribution < -0.4 is 5.73 Å². The van der Waals surface area contributed by atoms with Crippen molar-refractivity contribution in [2.24, 2.45) is 0 Å². The Morgan fingerprint density at radius 2 is 2.19 bits per heavy atom. The average Bonchev–Trinajstić information content (AvgIpc) is 2.93. The van der Waals surface area contributed by atoms with E-state index >= 15 is 0 Å². The van der Waals surface area contributed by atoms with Crippen LogP contribution in [0.2, 0.25) is 0 Å². The molecule has 106 valence electrons. The molecule has 9 heteroatoms. The van der Waals surface area contributed by atoms with E-state index in [0.717, 1.165) is 16.1 Å². The lowest BCUT2D eigenvalue weighted by Gasteiger charge is -2.03. The Labute approximate surface area is 123 Å². The zero-order chi connectivity index (χ0) is 14.8. The molecule has 0 bridgehead atoms. The van der Waals surface area contributed by atoms with E-state index in [2.05, 4.69) is 19.9 Å². The van der Waals surface area contributed by atoms with Crippen molar-refractivity contribution in [1.82, 2.24) is 19.9 Å². The van der Waals surface area contributed by atoms with Crippen LogP contribution in [-0.2, 0) is 5.75 Å². The maximum absolute atomic E-state index is 10.7. The largest absolute Gasteiger partial charge is 0.393 e. The second-order valence-corrected chi connectivity index (χ2v) is 5.18. The van der Waals surface area contributed by atoms with Crippen molar-refractivity contribution in [3.05, 3.63) is 46.5 Å². The van der Waals surface area contributed by atoms with Gasteiger partial charge >= 0.3 is 0 Å². The normalized spacial score (nSPS) is 10.9. The number of aromatic amines is 1. The molecule has 3 aromatic rings. The minimum atomic E-state index is -0.495. The number of hydrogen-bond acceptors (Lipinski definition) is 7. The van der Waals surface area contributed by atoms with E-state index in [1.54, 1.807) is 18.5 Å². The maximum Gasteiger partial charge on any atom is 0.292 e. The van der Waals surface area contributed by atoms with E-state index in [9.17, 15) is 10.1 Å². The number of anilines is 1. The van der Waals surface area contributed by atoms with Gasteiger partial charge in [0.15, 0.2) is 5.65 Å². The smallest absolute Gasteiger partial charge is 0.292 e. The van der Waals surface area contributed by atoms with Crippen molar-refractivity contribution in [2.75, 3.05) is 5.73 Å². The third-order valence-electron chi connectivity index (χ3n) is 2.85. The molecule has 0 saturated carbocycles. The Morgan fingerprint density at radius 3 is 2.95 bits per heavy atom. The van der Waals surface area contributed by atoms with Gasteiger partial charge in [-0.1, -0.05) is 17.8 Å². The standard InChI is InChI=1S/C12H10N6O2S/c13-8-3-7(1-2-9(8)18(19)20)4-21-12-10-11(15-5-14-10)16-6-17-12/h1-3,5-6H,4,13H2,(H,14,15,16,17). The number of thioether (sulfide) groups is 1. The molecule has 2 heterocycles. The Balaban J connectivity index is 1.80. The molecule has 8 nitrogen and oxygen atoms in total. The van der Waals surface area contributed by atoms with E-state index in [1.807, 2.05) is 0 Å². The molecule has 0 saturated heterocycles. The SMILES string of the molecule is Nc1cc(CSc2ncnc3nc[nH]c23)ccc1[N+](=O)[O-]. The summed E-state index contributed by atoms with van der Waals surface area (Å²) >= 11 is 1.48. The number of nitro benzene ring substituents is 1. The van der Waals surface area contributed by atoms with Crippen LogP contribution in [0.5, 0.6) is 0 Å². The first kappa shape index (κ1) is 13.3. The van der Waals surface area contributed by atoms with Crippen LogP contribution >= 0.6 is 11.8 Å². The topological polar surface area (TPSA) is 124 Å². The molecule has 3 rings (SSSR count). The van der Waals surface area contributed by atoms with Gasteiger partial charge in [-0.2, -0.15) is 0 Å². The lowest BCUT2D eigenvalue weighted by atomic mass is 10.2. The van der Waals surface area contributed by atoms with Gasteiger partial charge in [-0.3, -0.25) is 10.1 Å². The molecule has 0 spiro atoms. The van der Waals surface area contributed by atoms with Crippen LogP contribution in [-0.4, -0.2) is 24.9 Å². The highest BCUT2D eigenvalue weighted by Crippen LogP contribution is 2.28. The van der Waals surface area contributed by atoms with Crippen molar-refractivity contribution in [1.29, 1.82) is 0 Å². The van der Waals surface area contributed by atoms with Crippen LogP contribution in [0.3, 0.4) is 0 Å². The number of hydrogen-bond donors (Lipinski definition) is 2. The van der Waals surface area contributed by atoms with Gasteiger partial charge in [0.2, 0.25) is 0 Å². The fraction of sp³-hybridized carbons (Fsp3) is 0.0833. The lowest BCUT2D eigenvalue weighted by Crippen LogP contribution is -1.96. The molecule has 0 fully saturated rings. The minimum Gasteiger partial charge on any atom is -0.393 e. The summed E-state index contributed by atoms with van der Waals surface area (Å²) in [6.07, 6.45) is 3.02. The molecule has 3 N–H and O–H groups in total. The van der Waals surface area contributed by atoms with Crippen molar-refractivity contribution >= 4 is 34.3 Å².